The van der Waals surface area contributed by atoms with Crippen LogP contribution in [0.4, 0.5) is 0 Å². The fourth-order valence-corrected chi connectivity index (χ4v) is 2.50. The third-order valence-corrected chi connectivity index (χ3v) is 3.56. The molecule has 1 amide bonds. The van der Waals surface area contributed by atoms with Crippen LogP contribution in [-0.4, -0.2) is 30.1 Å². The van der Waals surface area contributed by atoms with Gasteiger partial charge in [-0.3, -0.25) is 9.59 Å². The molecule has 1 heterocycles. The number of carboxylic acids is 1. The van der Waals surface area contributed by atoms with Crippen LogP contribution >= 0.6 is 0 Å². The second kappa shape index (κ2) is 6.52. The van der Waals surface area contributed by atoms with E-state index in [1.165, 1.54) is 0 Å². The third kappa shape index (κ3) is 3.57. The van der Waals surface area contributed by atoms with Crippen LogP contribution in [0.3, 0.4) is 0 Å². The number of hydrogen-bond acceptors (Lipinski definition) is 3. The first-order valence-electron chi connectivity index (χ1n) is 6.86. The molecule has 20 heavy (non-hydrogen) atoms. The number of carbonyl (C=O) groups is 2. The SMILES string of the molecule is CC(CNC(=O)C1CNCc2ccccc21)CC(=O)O. The molecule has 2 atom stereocenters. The number of rotatable bonds is 5. The fourth-order valence-electron chi connectivity index (χ4n) is 2.50. The Balaban J connectivity index is 1.95. The van der Waals surface area contributed by atoms with Gasteiger partial charge < -0.3 is 15.7 Å². The lowest BCUT2D eigenvalue weighted by atomic mass is 9.90. The molecule has 1 aromatic carbocycles. The Hall–Kier alpha value is -1.88. The van der Waals surface area contributed by atoms with Crippen molar-refractivity contribution in [2.45, 2.75) is 25.8 Å². The van der Waals surface area contributed by atoms with Gasteiger partial charge in [0.1, 0.15) is 0 Å². The summed E-state index contributed by atoms with van der Waals surface area (Å²) in [5.74, 6) is -1.14. The predicted molar refractivity (Wildman–Crippen MR) is 75.3 cm³/mol. The highest BCUT2D eigenvalue weighted by molar-refractivity contribution is 5.84. The highest BCUT2D eigenvalue weighted by atomic mass is 16.4. The first-order chi connectivity index (χ1) is 9.58. The molecule has 2 rings (SSSR count). The van der Waals surface area contributed by atoms with Crippen molar-refractivity contribution in [3.8, 4) is 0 Å². The van der Waals surface area contributed by atoms with E-state index < -0.39 is 5.97 Å². The third-order valence-electron chi connectivity index (χ3n) is 3.56. The molecule has 1 aliphatic rings. The molecular weight excluding hydrogens is 256 g/mol. The van der Waals surface area contributed by atoms with Crippen molar-refractivity contribution < 1.29 is 14.7 Å². The van der Waals surface area contributed by atoms with Gasteiger partial charge in [0.15, 0.2) is 0 Å². The zero-order valence-corrected chi connectivity index (χ0v) is 11.6. The molecular formula is C15H20N2O3. The molecule has 0 saturated carbocycles. The highest BCUT2D eigenvalue weighted by Crippen LogP contribution is 2.23. The van der Waals surface area contributed by atoms with Crippen molar-refractivity contribution >= 4 is 11.9 Å². The van der Waals surface area contributed by atoms with Gasteiger partial charge in [0, 0.05) is 26.1 Å². The maximum Gasteiger partial charge on any atom is 0.303 e. The van der Waals surface area contributed by atoms with Crippen LogP contribution in [0.5, 0.6) is 0 Å². The van der Waals surface area contributed by atoms with Crippen LogP contribution in [0.15, 0.2) is 24.3 Å². The largest absolute Gasteiger partial charge is 0.481 e. The molecule has 0 spiro atoms. The van der Waals surface area contributed by atoms with E-state index in [0.717, 1.165) is 17.7 Å². The molecule has 1 aromatic rings. The number of benzene rings is 1. The van der Waals surface area contributed by atoms with Crippen LogP contribution in [0.25, 0.3) is 0 Å². The predicted octanol–water partition coefficient (Wildman–Crippen LogP) is 1.10. The average Bonchev–Trinajstić information content (AvgIpc) is 2.43. The van der Waals surface area contributed by atoms with Crippen molar-refractivity contribution in [1.82, 2.24) is 10.6 Å². The summed E-state index contributed by atoms with van der Waals surface area (Å²) in [5, 5.41) is 14.8. The Bertz CT molecular complexity index is 502. The van der Waals surface area contributed by atoms with Crippen molar-refractivity contribution in [2.75, 3.05) is 13.1 Å². The molecule has 3 N–H and O–H groups in total. The summed E-state index contributed by atoms with van der Waals surface area (Å²) in [6, 6.07) is 7.92. The first kappa shape index (κ1) is 14.5. The minimum Gasteiger partial charge on any atom is -0.481 e. The van der Waals surface area contributed by atoms with Gasteiger partial charge in [0.25, 0.3) is 0 Å². The van der Waals surface area contributed by atoms with E-state index in [2.05, 4.69) is 10.6 Å². The molecule has 0 aliphatic carbocycles. The average molecular weight is 276 g/mol. The van der Waals surface area contributed by atoms with Crippen LogP contribution in [0.1, 0.15) is 30.4 Å². The molecule has 2 unspecified atom stereocenters. The van der Waals surface area contributed by atoms with Gasteiger partial charge in [0.2, 0.25) is 5.91 Å². The Morgan fingerprint density at radius 3 is 2.95 bits per heavy atom. The first-order valence-corrected chi connectivity index (χ1v) is 6.86. The topological polar surface area (TPSA) is 78.4 Å². The van der Waals surface area contributed by atoms with Crippen molar-refractivity contribution in [2.24, 2.45) is 5.92 Å². The van der Waals surface area contributed by atoms with Gasteiger partial charge in [-0.1, -0.05) is 31.2 Å². The number of carbonyl (C=O) groups excluding carboxylic acids is 1. The number of fused-ring (bicyclic) bond motifs is 1. The number of amides is 1. The lowest BCUT2D eigenvalue weighted by Crippen LogP contribution is -2.40. The molecule has 0 saturated heterocycles. The Morgan fingerprint density at radius 1 is 1.45 bits per heavy atom. The van der Waals surface area contributed by atoms with Crippen molar-refractivity contribution in [3.63, 3.8) is 0 Å². The monoisotopic (exact) mass is 276 g/mol. The molecule has 108 valence electrons. The van der Waals surface area contributed by atoms with E-state index in [-0.39, 0.29) is 24.2 Å². The zero-order chi connectivity index (χ0) is 14.5. The Morgan fingerprint density at radius 2 is 2.20 bits per heavy atom. The standard InChI is InChI=1S/C15H20N2O3/c1-10(6-14(18)19)7-17-15(20)13-9-16-8-11-4-2-3-5-12(11)13/h2-5,10,13,16H,6-9H2,1H3,(H,17,20)(H,18,19). The molecule has 1 aliphatic heterocycles. The lowest BCUT2D eigenvalue weighted by Gasteiger charge is -2.26. The molecule has 0 radical (unpaired) electrons. The van der Waals surface area contributed by atoms with Gasteiger partial charge in [-0.25, -0.2) is 0 Å². The quantitative estimate of drug-likeness (QED) is 0.752. The Labute approximate surface area is 118 Å². The molecule has 5 nitrogen and oxygen atoms in total. The van der Waals surface area contributed by atoms with Crippen molar-refractivity contribution in [1.29, 1.82) is 0 Å². The van der Waals surface area contributed by atoms with Crippen LogP contribution < -0.4 is 10.6 Å². The van der Waals surface area contributed by atoms with Gasteiger partial charge in [-0.2, -0.15) is 0 Å². The number of hydrogen-bond donors (Lipinski definition) is 3. The van der Waals surface area contributed by atoms with E-state index in [9.17, 15) is 9.59 Å². The summed E-state index contributed by atoms with van der Waals surface area (Å²) in [6.07, 6.45) is 0.0692. The van der Waals surface area contributed by atoms with Gasteiger partial charge in [0.05, 0.1) is 5.92 Å². The number of nitrogens with one attached hydrogen (secondary N) is 2. The molecule has 0 bridgehead atoms. The molecule has 0 fully saturated rings. The van der Waals surface area contributed by atoms with E-state index in [0.29, 0.717) is 13.1 Å². The molecule has 5 heteroatoms. The van der Waals surface area contributed by atoms with E-state index in [4.69, 9.17) is 5.11 Å². The van der Waals surface area contributed by atoms with E-state index in [1.54, 1.807) is 0 Å². The normalized spacial score (nSPS) is 18.9. The van der Waals surface area contributed by atoms with Crippen LogP contribution in [-0.2, 0) is 16.1 Å². The second-order valence-electron chi connectivity index (χ2n) is 5.33. The number of carboxylic acid groups (broad SMARTS) is 1. The zero-order valence-electron chi connectivity index (χ0n) is 11.6. The Kier molecular flexibility index (Phi) is 4.74. The second-order valence-corrected chi connectivity index (χ2v) is 5.33. The maximum absolute atomic E-state index is 12.3. The minimum absolute atomic E-state index is 0.0399. The number of aliphatic carboxylic acids is 1. The molecule has 0 aromatic heterocycles. The van der Waals surface area contributed by atoms with Crippen LogP contribution in [0.2, 0.25) is 0 Å². The fraction of sp³-hybridized carbons (Fsp3) is 0.467. The summed E-state index contributed by atoms with van der Waals surface area (Å²) in [4.78, 5) is 22.8. The van der Waals surface area contributed by atoms with E-state index >= 15 is 0 Å². The maximum atomic E-state index is 12.3. The summed E-state index contributed by atoms with van der Waals surface area (Å²) in [5.41, 5.74) is 2.21. The van der Waals surface area contributed by atoms with Gasteiger partial charge >= 0.3 is 5.97 Å². The summed E-state index contributed by atoms with van der Waals surface area (Å²) >= 11 is 0. The highest BCUT2D eigenvalue weighted by Gasteiger charge is 2.26. The van der Waals surface area contributed by atoms with Gasteiger partial charge in [-0.05, 0) is 17.0 Å². The van der Waals surface area contributed by atoms with Gasteiger partial charge in [-0.15, -0.1) is 0 Å². The minimum atomic E-state index is -0.837. The van der Waals surface area contributed by atoms with Crippen molar-refractivity contribution in [3.05, 3.63) is 35.4 Å². The smallest absolute Gasteiger partial charge is 0.303 e. The summed E-state index contributed by atoms with van der Waals surface area (Å²) in [6.45, 7) is 3.62. The van der Waals surface area contributed by atoms with Crippen LogP contribution in [0, 0.1) is 5.92 Å². The lowest BCUT2D eigenvalue weighted by molar-refractivity contribution is -0.138. The summed E-state index contributed by atoms with van der Waals surface area (Å²) < 4.78 is 0. The summed E-state index contributed by atoms with van der Waals surface area (Å²) in [7, 11) is 0. The van der Waals surface area contributed by atoms with E-state index in [1.807, 2.05) is 31.2 Å².